The van der Waals surface area contributed by atoms with Gasteiger partial charge >= 0.3 is 0 Å². The maximum atomic E-state index is 4.44. The molecule has 3 nitrogen and oxygen atoms in total. The first-order valence-electron chi connectivity index (χ1n) is 6.64. The molecule has 0 aliphatic carbocycles. The van der Waals surface area contributed by atoms with Crippen LogP contribution in [-0.4, -0.2) is 36.1 Å². The SMILES string of the molecule is CCN(CC1CCNCC1)C(C)c1cscn1. The van der Waals surface area contributed by atoms with E-state index in [2.05, 4.69) is 34.4 Å². The Morgan fingerprint density at radius 3 is 2.88 bits per heavy atom. The number of aromatic nitrogens is 1. The predicted octanol–water partition coefficient (Wildman–Crippen LogP) is 2.53. The highest BCUT2D eigenvalue weighted by Crippen LogP contribution is 2.23. The first-order valence-corrected chi connectivity index (χ1v) is 7.58. The Morgan fingerprint density at radius 2 is 2.29 bits per heavy atom. The van der Waals surface area contributed by atoms with E-state index in [0.29, 0.717) is 6.04 Å². The minimum absolute atomic E-state index is 0.459. The van der Waals surface area contributed by atoms with Crippen LogP contribution in [0.25, 0.3) is 0 Å². The van der Waals surface area contributed by atoms with Gasteiger partial charge in [-0.25, -0.2) is 4.98 Å². The molecule has 2 rings (SSSR count). The van der Waals surface area contributed by atoms with Gasteiger partial charge < -0.3 is 5.32 Å². The molecule has 17 heavy (non-hydrogen) atoms. The van der Waals surface area contributed by atoms with Crippen LogP contribution in [0.15, 0.2) is 10.9 Å². The van der Waals surface area contributed by atoms with Crippen molar-refractivity contribution in [2.45, 2.75) is 32.7 Å². The Morgan fingerprint density at radius 1 is 1.53 bits per heavy atom. The summed E-state index contributed by atoms with van der Waals surface area (Å²) in [7, 11) is 0. The van der Waals surface area contributed by atoms with E-state index in [-0.39, 0.29) is 0 Å². The number of hydrogen-bond acceptors (Lipinski definition) is 4. The molecule has 2 heterocycles. The summed E-state index contributed by atoms with van der Waals surface area (Å²) >= 11 is 1.69. The monoisotopic (exact) mass is 253 g/mol. The molecule has 1 saturated heterocycles. The van der Waals surface area contributed by atoms with Crippen LogP contribution in [0.1, 0.15) is 38.4 Å². The lowest BCUT2D eigenvalue weighted by atomic mass is 9.97. The number of hydrogen-bond donors (Lipinski definition) is 1. The van der Waals surface area contributed by atoms with E-state index in [0.717, 1.165) is 12.5 Å². The predicted molar refractivity (Wildman–Crippen MR) is 73.4 cm³/mol. The van der Waals surface area contributed by atoms with Crippen LogP contribution in [0, 0.1) is 5.92 Å². The molecule has 96 valence electrons. The summed E-state index contributed by atoms with van der Waals surface area (Å²) in [5, 5.41) is 5.61. The van der Waals surface area contributed by atoms with Gasteiger partial charge in [-0.15, -0.1) is 11.3 Å². The molecule has 0 aromatic carbocycles. The molecule has 1 atom stereocenters. The molecule has 0 spiro atoms. The maximum Gasteiger partial charge on any atom is 0.0795 e. The minimum atomic E-state index is 0.459. The first-order chi connectivity index (χ1) is 8.31. The highest BCUT2D eigenvalue weighted by atomic mass is 32.1. The highest BCUT2D eigenvalue weighted by molar-refractivity contribution is 7.07. The second-order valence-electron chi connectivity index (χ2n) is 4.87. The average molecular weight is 253 g/mol. The molecule has 0 radical (unpaired) electrons. The summed E-state index contributed by atoms with van der Waals surface area (Å²) in [6.07, 6.45) is 2.64. The largest absolute Gasteiger partial charge is 0.317 e. The van der Waals surface area contributed by atoms with Crippen molar-refractivity contribution in [3.63, 3.8) is 0 Å². The Kier molecular flexibility index (Phi) is 4.95. The van der Waals surface area contributed by atoms with Gasteiger partial charge in [0.1, 0.15) is 0 Å². The smallest absolute Gasteiger partial charge is 0.0795 e. The van der Waals surface area contributed by atoms with Gasteiger partial charge in [-0.1, -0.05) is 6.92 Å². The lowest BCUT2D eigenvalue weighted by molar-refractivity contribution is 0.166. The maximum absolute atomic E-state index is 4.44. The second kappa shape index (κ2) is 6.47. The molecule has 1 aromatic rings. The van der Waals surface area contributed by atoms with Crippen LogP contribution in [-0.2, 0) is 0 Å². The highest BCUT2D eigenvalue weighted by Gasteiger charge is 2.21. The number of rotatable bonds is 5. The van der Waals surface area contributed by atoms with Crippen LogP contribution in [0.5, 0.6) is 0 Å². The zero-order valence-electron chi connectivity index (χ0n) is 10.9. The molecule has 0 bridgehead atoms. The van der Waals surface area contributed by atoms with E-state index in [4.69, 9.17) is 0 Å². The van der Waals surface area contributed by atoms with Gasteiger partial charge in [0, 0.05) is 11.9 Å². The van der Waals surface area contributed by atoms with E-state index in [9.17, 15) is 0 Å². The molecule has 0 amide bonds. The van der Waals surface area contributed by atoms with Gasteiger partial charge in [0.2, 0.25) is 0 Å². The van der Waals surface area contributed by atoms with Crippen molar-refractivity contribution in [1.82, 2.24) is 15.2 Å². The van der Waals surface area contributed by atoms with Crippen molar-refractivity contribution >= 4 is 11.3 Å². The van der Waals surface area contributed by atoms with Gasteiger partial charge in [-0.3, -0.25) is 4.90 Å². The molecular formula is C13H23N3S. The zero-order valence-corrected chi connectivity index (χ0v) is 11.7. The molecule has 1 aliphatic rings. The Bertz CT molecular complexity index is 306. The molecule has 1 aromatic heterocycles. The number of nitrogens with zero attached hydrogens (tertiary/aromatic N) is 2. The van der Waals surface area contributed by atoms with Crippen LogP contribution < -0.4 is 5.32 Å². The number of nitrogens with one attached hydrogen (secondary N) is 1. The third kappa shape index (κ3) is 3.50. The fraction of sp³-hybridized carbons (Fsp3) is 0.769. The van der Waals surface area contributed by atoms with E-state index >= 15 is 0 Å². The second-order valence-corrected chi connectivity index (χ2v) is 5.59. The molecule has 1 unspecified atom stereocenters. The third-order valence-electron chi connectivity index (χ3n) is 3.78. The quantitative estimate of drug-likeness (QED) is 0.874. The van der Waals surface area contributed by atoms with E-state index in [1.165, 1.54) is 38.2 Å². The lowest BCUT2D eigenvalue weighted by Crippen LogP contribution is -2.37. The molecule has 4 heteroatoms. The van der Waals surface area contributed by atoms with Gasteiger partial charge in [-0.2, -0.15) is 0 Å². The van der Waals surface area contributed by atoms with Gasteiger partial charge in [0.05, 0.1) is 17.2 Å². The molecule has 0 saturated carbocycles. The topological polar surface area (TPSA) is 28.2 Å². The molecular weight excluding hydrogens is 230 g/mol. The van der Waals surface area contributed by atoms with Gasteiger partial charge in [0.25, 0.3) is 0 Å². The van der Waals surface area contributed by atoms with Crippen LogP contribution in [0.4, 0.5) is 0 Å². The third-order valence-corrected chi connectivity index (χ3v) is 4.39. The van der Waals surface area contributed by atoms with Gasteiger partial charge in [-0.05, 0) is 45.3 Å². The van der Waals surface area contributed by atoms with Crippen LogP contribution in [0.3, 0.4) is 0 Å². The summed E-state index contributed by atoms with van der Waals surface area (Å²) in [5.41, 5.74) is 3.16. The van der Waals surface area contributed by atoms with E-state index in [1.807, 2.05) is 5.51 Å². The molecule has 1 aliphatic heterocycles. The Balaban J connectivity index is 1.91. The summed E-state index contributed by atoms with van der Waals surface area (Å²) in [5.74, 6) is 0.859. The number of thiazole rings is 1. The molecule has 1 fully saturated rings. The Labute approximate surface area is 108 Å². The lowest BCUT2D eigenvalue weighted by Gasteiger charge is -2.32. The zero-order chi connectivity index (χ0) is 12.1. The van der Waals surface area contributed by atoms with E-state index < -0.39 is 0 Å². The normalized spacial score (nSPS) is 19.7. The minimum Gasteiger partial charge on any atom is -0.317 e. The van der Waals surface area contributed by atoms with Crippen molar-refractivity contribution in [2.75, 3.05) is 26.2 Å². The van der Waals surface area contributed by atoms with E-state index in [1.54, 1.807) is 11.3 Å². The van der Waals surface area contributed by atoms with Crippen LogP contribution >= 0.6 is 11.3 Å². The Hall–Kier alpha value is -0.450. The fourth-order valence-corrected chi connectivity index (χ4v) is 3.21. The number of piperidine rings is 1. The van der Waals surface area contributed by atoms with Crippen molar-refractivity contribution in [1.29, 1.82) is 0 Å². The summed E-state index contributed by atoms with van der Waals surface area (Å²) in [6, 6.07) is 0.459. The fourth-order valence-electron chi connectivity index (χ4n) is 2.57. The first kappa shape index (κ1) is 13.0. The standard InChI is InChI=1S/C13H23N3S/c1-3-16(8-12-4-6-14-7-5-12)11(2)13-9-17-10-15-13/h9-12,14H,3-8H2,1-2H3. The van der Waals surface area contributed by atoms with Crippen molar-refractivity contribution in [3.05, 3.63) is 16.6 Å². The van der Waals surface area contributed by atoms with Crippen LogP contribution in [0.2, 0.25) is 0 Å². The summed E-state index contributed by atoms with van der Waals surface area (Å²) in [4.78, 5) is 7.00. The van der Waals surface area contributed by atoms with Crippen molar-refractivity contribution < 1.29 is 0 Å². The summed E-state index contributed by atoms with van der Waals surface area (Å²) < 4.78 is 0. The average Bonchev–Trinajstić information content (AvgIpc) is 2.90. The van der Waals surface area contributed by atoms with Crippen molar-refractivity contribution in [3.8, 4) is 0 Å². The van der Waals surface area contributed by atoms with Crippen molar-refractivity contribution in [2.24, 2.45) is 5.92 Å². The van der Waals surface area contributed by atoms with Gasteiger partial charge in [0.15, 0.2) is 0 Å². The summed E-state index contributed by atoms with van der Waals surface area (Å²) in [6.45, 7) is 9.24. The molecule has 1 N–H and O–H groups in total.